The first-order chi connectivity index (χ1) is 7.16. The van der Waals surface area contributed by atoms with Crippen molar-refractivity contribution in [2.75, 3.05) is 6.73 Å². The molecular weight excluding hydrogens is 194 g/mol. The highest BCUT2D eigenvalue weighted by atomic mass is 16.5. The third-order valence-electron chi connectivity index (χ3n) is 2.03. The van der Waals surface area contributed by atoms with Gasteiger partial charge in [-0.25, -0.2) is 0 Å². The zero-order valence-corrected chi connectivity index (χ0v) is 8.74. The Hall–Kier alpha value is -1.71. The summed E-state index contributed by atoms with van der Waals surface area (Å²) in [6.45, 7) is 4.12. The predicted octanol–water partition coefficient (Wildman–Crippen LogP) is 1.55. The summed E-state index contributed by atoms with van der Waals surface area (Å²) in [6, 6.07) is 5.22. The molecule has 0 fully saturated rings. The summed E-state index contributed by atoms with van der Waals surface area (Å²) in [5.74, 6) is 1.20. The van der Waals surface area contributed by atoms with Crippen LogP contribution in [0, 0.1) is 0 Å². The molecule has 1 aromatic rings. The topological polar surface area (TPSA) is 47.6 Å². The minimum atomic E-state index is -0.104. The monoisotopic (exact) mass is 207 g/mol. The van der Waals surface area contributed by atoms with Crippen molar-refractivity contribution in [1.82, 2.24) is 5.32 Å². The average Bonchev–Trinajstić information content (AvgIpc) is 2.17. The van der Waals surface area contributed by atoms with Crippen LogP contribution in [-0.4, -0.2) is 18.7 Å². The summed E-state index contributed by atoms with van der Waals surface area (Å²) < 4.78 is 10.8. The molecule has 1 N–H and O–H groups in total. The highest BCUT2D eigenvalue weighted by Crippen LogP contribution is 2.27. The fourth-order valence-corrected chi connectivity index (χ4v) is 1.43. The van der Waals surface area contributed by atoms with Gasteiger partial charge < -0.3 is 14.8 Å². The maximum absolute atomic E-state index is 11.4. The van der Waals surface area contributed by atoms with E-state index in [0.717, 1.165) is 5.75 Å². The molecule has 4 heteroatoms. The van der Waals surface area contributed by atoms with Crippen LogP contribution in [0.4, 0.5) is 0 Å². The van der Waals surface area contributed by atoms with Gasteiger partial charge in [0.05, 0.1) is 11.7 Å². The summed E-state index contributed by atoms with van der Waals surface area (Å²) in [7, 11) is 0. The van der Waals surface area contributed by atoms with Gasteiger partial charge in [0.15, 0.2) is 6.73 Å². The molecule has 0 bridgehead atoms. The molecule has 2 rings (SSSR count). The quantitative estimate of drug-likeness (QED) is 0.800. The lowest BCUT2D eigenvalue weighted by Gasteiger charge is -2.19. The van der Waals surface area contributed by atoms with Gasteiger partial charge in [-0.3, -0.25) is 4.79 Å². The molecule has 1 aliphatic heterocycles. The van der Waals surface area contributed by atoms with E-state index in [-0.39, 0.29) is 18.7 Å². The van der Waals surface area contributed by atoms with Crippen molar-refractivity contribution in [1.29, 1.82) is 0 Å². The van der Waals surface area contributed by atoms with E-state index >= 15 is 0 Å². The second kappa shape index (κ2) is 3.81. The lowest BCUT2D eigenvalue weighted by molar-refractivity contribution is 0.0883. The molecule has 80 valence electrons. The second-order valence-corrected chi connectivity index (χ2v) is 3.62. The lowest BCUT2D eigenvalue weighted by Crippen LogP contribution is -2.32. The number of hydrogen-bond donors (Lipinski definition) is 1. The number of hydrogen-bond acceptors (Lipinski definition) is 3. The first-order valence-electron chi connectivity index (χ1n) is 4.88. The van der Waals surface area contributed by atoms with Crippen molar-refractivity contribution < 1.29 is 14.3 Å². The Labute approximate surface area is 88.2 Å². The average molecular weight is 207 g/mol. The Bertz CT molecular complexity index is 387. The molecule has 0 unspecified atom stereocenters. The van der Waals surface area contributed by atoms with E-state index in [0.29, 0.717) is 11.3 Å². The SMILES string of the molecule is CC(C)Oc1ccc2c(c1)OCNC2=O. The molecule has 0 aliphatic carbocycles. The van der Waals surface area contributed by atoms with Gasteiger partial charge in [0.2, 0.25) is 0 Å². The van der Waals surface area contributed by atoms with Crippen LogP contribution in [0.1, 0.15) is 24.2 Å². The first-order valence-corrected chi connectivity index (χ1v) is 4.88. The fourth-order valence-electron chi connectivity index (χ4n) is 1.43. The van der Waals surface area contributed by atoms with Crippen molar-refractivity contribution in [2.24, 2.45) is 0 Å². The number of nitrogens with one attached hydrogen (secondary N) is 1. The van der Waals surface area contributed by atoms with Gasteiger partial charge in [0, 0.05) is 6.07 Å². The largest absolute Gasteiger partial charge is 0.491 e. The molecule has 1 amide bonds. The van der Waals surface area contributed by atoms with Crippen LogP contribution in [0.5, 0.6) is 11.5 Å². The minimum absolute atomic E-state index is 0.104. The number of benzene rings is 1. The second-order valence-electron chi connectivity index (χ2n) is 3.62. The van der Waals surface area contributed by atoms with Crippen LogP contribution in [0.2, 0.25) is 0 Å². The van der Waals surface area contributed by atoms with E-state index in [2.05, 4.69) is 5.32 Å². The molecule has 0 saturated heterocycles. The van der Waals surface area contributed by atoms with Crippen molar-refractivity contribution >= 4 is 5.91 Å². The van der Waals surface area contributed by atoms with E-state index in [1.54, 1.807) is 18.2 Å². The Balaban J connectivity index is 2.29. The number of rotatable bonds is 2. The Morgan fingerprint density at radius 1 is 1.47 bits per heavy atom. The Kier molecular flexibility index (Phi) is 2.49. The molecule has 4 nitrogen and oxygen atoms in total. The van der Waals surface area contributed by atoms with Gasteiger partial charge in [-0.05, 0) is 26.0 Å². The van der Waals surface area contributed by atoms with E-state index in [9.17, 15) is 4.79 Å². The summed E-state index contributed by atoms with van der Waals surface area (Å²) in [5.41, 5.74) is 0.553. The van der Waals surface area contributed by atoms with Crippen LogP contribution < -0.4 is 14.8 Å². The lowest BCUT2D eigenvalue weighted by atomic mass is 10.1. The molecule has 0 atom stereocenters. The van der Waals surface area contributed by atoms with E-state index < -0.39 is 0 Å². The third-order valence-corrected chi connectivity index (χ3v) is 2.03. The molecule has 0 saturated carbocycles. The van der Waals surface area contributed by atoms with Crippen molar-refractivity contribution in [2.45, 2.75) is 20.0 Å². The predicted molar refractivity (Wildman–Crippen MR) is 55.2 cm³/mol. The maximum atomic E-state index is 11.4. The summed E-state index contributed by atoms with van der Waals surface area (Å²) in [4.78, 5) is 11.4. The zero-order chi connectivity index (χ0) is 10.8. The number of carbonyl (C=O) groups is 1. The maximum Gasteiger partial charge on any atom is 0.257 e. The molecule has 1 heterocycles. The standard InChI is InChI=1S/C11H13NO3/c1-7(2)15-8-3-4-9-10(5-8)14-6-12-11(9)13/h3-5,7H,6H2,1-2H3,(H,12,13). The molecule has 15 heavy (non-hydrogen) atoms. The van der Waals surface area contributed by atoms with Crippen LogP contribution >= 0.6 is 0 Å². The molecular formula is C11H13NO3. The van der Waals surface area contributed by atoms with E-state index in [4.69, 9.17) is 9.47 Å². The van der Waals surface area contributed by atoms with Gasteiger partial charge in [0.25, 0.3) is 5.91 Å². The van der Waals surface area contributed by atoms with E-state index in [1.165, 1.54) is 0 Å². The number of carbonyl (C=O) groups excluding carboxylic acids is 1. The highest BCUT2D eigenvalue weighted by molar-refractivity contribution is 5.97. The highest BCUT2D eigenvalue weighted by Gasteiger charge is 2.18. The van der Waals surface area contributed by atoms with Gasteiger partial charge in [-0.15, -0.1) is 0 Å². The van der Waals surface area contributed by atoms with Gasteiger partial charge in [-0.2, -0.15) is 0 Å². The number of ether oxygens (including phenoxy) is 2. The fraction of sp³-hybridized carbons (Fsp3) is 0.364. The summed E-state index contributed by atoms with van der Waals surface area (Å²) >= 11 is 0. The number of fused-ring (bicyclic) bond motifs is 1. The van der Waals surface area contributed by atoms with Crippen molar-refractivity contribution in [3.8, 4) is 11.5 Å². The number of amides is 1. The molecule has 0 aromatic heterocycles. The van der Waals surface area contributed by atoms with Crippen LogP contribution in [0.25, 0.3) is 0 Å². The molecule has 0 radical (unpaired) electrons. The van der Waals surface area contributed by atoms with Gasteiger partial charge in [0.1, 0.15) is 11.5 Å². The summed E-state index contributed by atoms with van der Waals surface area (Å²) in [6.07, 6.45) is 0.112. The van der Waals surface area contributed by atoms with Crippen molar-refractivity contribution in [3.05, 3.63) is 23.8 Å². The minimum Gasteiger partial charge on any atom is -0.491 e. The zero-order valence-electron chi connectivity index (χ0n) is 8.74. The molecule has 1 aromatic carbocycles. The van der Waals surface area contributed by atoms with E-state index in [1.807, 2.05) is 13.8 Å². The summed E-state index contributed by atoms with van der Waals surface area (Å²) in [5, 5.41) is 2.60. The molecule has 0 spiro atoms. The van der Waals surface area contributed by atoms with Gasteiger partial charge >= 0.3 is 0 Å². The molecule has 1 aliphatic rings. The smallest absolute Gasteiger partial charge is 0.257 e. The van der Waals surface area contributed by atoms with Gasteiger partial charge in [-0.1, -0.05) is 0 Å². The third kappa shape index (κ3) is 2.03. The van der Waals surface area contributed by atoms with Crippen molar-refractivity contribution in [3.63, 3.8) is 0 Å². The van der Waals surface area contributed by atoms with Crippen LogP contribution in [-0.2, 0) is 0 Å². The Morgan fingerprint density at radius 3 is 3.00 bits per heavy atom. The van der Waals surface area contributed by atoms with Crippen LogP contribution in [0.15, 0.2) is 18.2 Å². The van der Waals surface area contributed by atoms with Crippen LogP contribution in [0.3, 0.4) is 0 Å². The normalized spacial score (nSPS) is 14.2. The Morgan fingerprint density at radius 2 is 2.27 bits per heavy atom. The first kappa shape index (κ1) is 9.83.